The van der Waals surface area contributed by atoms with Gasteiger partial charge in [0.15, 0.2) is 0 Å². The molecule has 0 saturated heterocycles. The van der Waals surface area contributed by atoms with Crippen molar-refractivity contribution in [2.75, 3.05) is 13.1 Å². The molecule has 0 aromatic rings. The summed E-state index contributed by atoms with van der Waals surface area (Å²) in [6.45, 7) is 9.58. The number of amides is 1. The third-order valence-corrected chi connectivity index (χ3v) is 3.54. The largest absolute Gasteiger partial charge is 0.444 e. The highest BCUT2D eigenvalue weighted by Gasteiger charge is 2.20. The van der Waals surface area contributed by atoms with Crippen LogP contribution in [-0.2, 0) is 4.74 Å². The standard InChI is InChI=1S/C15H30N2O2/c1-12-8-5-6-9-13(12)16-10-7-11-17-14(18)19-15(2,3)4/h12-13,16H,5-11H2,1-4H3,(H,17,18). The molecule has 0 aliphatic heterocycles. The Morgan fingerprint density at radius 3 is 2.53 bits per heavy atom. The Morgan fingerprint density at radius 2 is 1.89 bits per heavy atom. The molecule has 0 aromatic carbocycles. The van der Waals surface area contributed by atoms with Crippen LogP contribution in [0.2, 0.25) is 0 Å². The van der Waals surface area contributed by atoms with E-state index in [-0.39, 0.29) is 6.09 Å². The molecule has 2 atom stereocenters. The van der Waals surface area contributed by atoms with E-state index in [9.17, 15) is 4.79 Å². The van der Waals surface area contributed by atoms with Crippen molar-refractivity contribution in [3.05, 3.63) is 0 Å². The van der Waals surface area contributed by atoms with Gasteiger partial charge in [0.1, 0.15) is 5.60 Å². The van der Waals surface area contributed by atoms with E-state index in [4.69, 9.17) is 4.74 Å². The van der Waals surface area contributed by atoms with Gasteiger partial charge < -0.3 is 15.4 Å². The van der Waals surface area contributed by atoms with E-state index < -0.39 is 5.60 Å². The second-order valence-corrected chi connectivity index (χ2v) is 6.60. The number of ether oxygens (including phenoxy) is 1. The summed E-state index contributed by atoms with van der Waals surface area (Å²) in [6.07, 6.45) is 5.98. The normalized spacial score (nSPS) is 24.0. The fourth-order valence-electron chi connectivity index (χ4n) is 2.50. The predicted molar refractivity (Wildman–Crippen MR) is 78.3 cm³/mol. The highest BCUT2D eigenvalue weighted by Crippen LogP contribution is 2.23. The van der Waals surface area contributed by atoms with E-state index in [2.05, 4.69) is 17.6 Å². The molecule has 4 heteroatoms. The van der Waals surface area contributed by atoms with Gasteiger partial charge >= 0.3 is 6.09 Å². The van der Waals surface area contributed by atoms with Gasteiger partial charge in [-0.15, -0.1) is 0 Å². The first kappa shape index (κ1) is 16.3. The number of carbonyl (C=O) groups excluding carboxylic acids is 1. The molecular formula is C15H30N2O2. The summed E-state index contributed by atoms with van der Waals surface area (Å²) in [5.74, 6) is 0.785. The van der Waals surface area contributed by atoms with Gasteiger partial charge in [-0.2, -0.15) is 0 Å². The Labute approximate surface area is 117 Å². The zero-order valence-corrected chi connectivity index (χ0v) is 12.9. The Bertz CT molecular complexity index is 274. The van der Waals surface area contributed by atoms with E-state index in [0.717, 1.165) is 18.9 Å². The summed E-state index contributed by atoms with van der Waals surface area (Å²) < 4.78 is 5.18. The minimum absolute atomic E-state index is 0.321. The maximum Gasteiger partial charge on any atom is 0.407 e. The van der Waals surface area contributed by atoms with Crippen LogP contribution in [-0.4, -0.2) is 30.8 Å². The minimum atomic E-state index is -0.417. The zero-order valence-electron chi connectivity index (χ0n) is 12.9. The van der Waals surface area contributed by atoms with Crippen molar-refractivity contribution in [1.29, 1.82) is 0 Å². The van der Waals surface area contributed by atoms with Crippen LogP contribution < -0.4 is 10.6 Å². The van der Waals surface area contributed by atoms with Crippen LogP contribution >= 0.6 is 0 Å². The molecule has 112 valence electrons. The molecule has 1 amide bonds. The smallest absolute Gasteiger partial charge is 0.407 e. The summed E-state index contributed by atoms with van der Waals surface area (Å²) >= 11 is 0. The van der Waals surface area contributed by atoms with Crippen LogP contribution in [0.3, 0.4) is 0 Å². The molecule has 1 fully saturated rings. The molecule has 0 bridgehead atoms. The van der Waals surface area contributed by atoms with Crippen molar-refractivity contribution in [2.24, 2.45) is 5.92 Å². The van der Waals surface area contributed by atoms with Crippen LogP contribution in [0, 0.1) is 5.92 Å². The number of hydrogen-bond donors (Lipinski definition) is 2. The number of alkyl carbamates (subject to hydrolysis) is 1. The molecule has 0 radical (unpaired) electrons. The molecule has 2 unspecified atom stereocenters. The minimum Gasteiger partial charge on any atom is -0.444 e. The van der Waals surface area contributed by atoms with Crippen LogP contribution in [0.15, 0.2) is 0 Å². The molecule has 19 heavy (non-hydrogen) atoms. The third-order valence-electron chi connectivity index (χ3n) is 3.54. The monoisotopic (exact) mass is 270 g/mol. The third kappa shape index (κ3) is 7.41. The van der Waals surface area contributed by atoms with Crippen molar-refractivity contribution >= 4 is 6.09 Å². The lowest BCUT2D eigenvalue weighted by Gasteiger charge is -2.29. The first-order valence-electron chi connectivity index (χ1n) is 7.59. The SMILES string of the molecule is CC1CCCCC1NCCCNC(=O)OC(C)(C)C. The Morgan fingerprint density at radius 1 is 1.21 bits per heavy atom. The van der Waals surface area contributed by atoms with Crippen molar-refractivity contribution < 1.29 is 9.53 Å². The summed E-state index contributed by atoms with van der Waals surface area (Å²) in [6, 6.07) is 0.662. The highest BCUT2D eigenvalue weighted by atomic mass is 16.6. The Balaban J connectivity index is 2.03. The fraction of sp³-hybridized carbons (Fsp3) is 0.933. The number of hydrogen-bond acceptors (Lipinski definition) is 3. The van der Waals surface area contributed by atoms with E-state index in [0.29, 0.717) is 12.6 Å². The molecule has 2 N–H and O–H groups in total. The summed E-state index contributed by atoms with van der Waals surface area (Å²) in [7, 11) is 0. The predicted octanol–water partition coefficient (Wildman–Crippen LogP) is 3.07. The number of rotatable bonds is 5. The van der Waals surface area contributed by atoms with Gasteiger partial charge in [0.05, 0.1) is 0 Å². The maximum absolute atomic E-state index is 11.4. The highest BCUT2D eigenvalue weighted by molar-refractivity contribution is 5.67. The average Bonchev–Trinajstić information content (AvgIpc) is 2.28. The lowest BCUT2D eigenvalue weighted by atomic mass is 9.86. The van der Waals surface area contributed by atoms with Crippen molar-refractivity contribution in [3.8, 4) is 0 Å². The van der Waals surface area contributed by atoms with E-state index in [1.165, 1.54) is 25.7 Å². The number of nitrogens with one attached hydrogen (secondary N) is 2. The molecule has 0 heterocycles. The van der Waals surface area contributed by atoms with Gasteiger partial charge in [-0.25, -0.2) is 4.79 Å². The van der Waals surface area contributed by atoms with Gasteiger partial charge in [-0.1, -0.05) is 19.8 Å². The Hall–Kier alpha value is -0.770. The van der Waals surface area contributed by atoms with Crippen molar-refractivity contribution in [3.63, 3.8) is 0 Å². The van der Waals surface area contributed by atoms with E-state index in [1.807, 2.05) is 20.8 Å². The molecule has 1 aliphatic carbocycles. The van der Waals surface area contributed by atoms with Gasteiger partial charge in [0, 0.05) is 12.6 Å². The second-order valence-electron chi connectivity index (χ2n) is 6.60. The first-order valence-corrected chi connectivity index (χ1v) is 7.59. The lowest BCUT2D eigenvalue weighted by Crippen LogP contribution is -2.39. The first-order chi connectivity index (χ1) is 8.88. The van der Waals surface area contributed by atoms with Crippen LogP contribution in [0.1, 0.15) is 59.8 Å². The average molecular weight is 270 g/mol. The summed E-state index contributed by atoms with van der Waals surface area (Å²) in [4.78, 5) is 11.4. The van der Waals surface area contributed by atoms with Crippen LogP contribution in [0.5, 0.6) is 0 Å². The lowest BCUT2D eigenvalue weighted by molar-refractivity contribution is 0.0527. The van der Waals surface area contributed by atoms with Gasteiger partial charge in [0.2, 0.25) is 0 Å². The zero-order chi connectivity index (χ0) is 14.3. The molecule has 0 aromatic heterocycles. The quantitative estimate of drug-likeness (QED) is 0.755. The Kier molecular flexibility index (Phi) is 6.63. The fourth-order valence-corrected chi connectivity index (χ4v) is 2.50. The van der Waals surface area contributed by atoms with Gasteiger partial charge in [-0.05, 0) is 52.5 Å². The molecular weight excluding hydrogens is 240 g/mol. The van der Waals surface area contributed by atoms with Gasteiger partial charge in [0.25, 0.3) is 0 Å². The van der Waals surface area contributed by atoms with Crippen molar-refractivity contribution in [1.82, 2.24) is 10.6 Å². The van der Waals surface area contributed by atoms with Crippen LogP contribution in [0.25, 0.3) is 0 Å². The second kappa shape index (κ2) is 7.73. The molecule has 1 rings (SSSR count). The molecule has 1 aliphatic rings. The van der Waals surface area contributed by atoms with Crippen molar-refractivity contribution in [2.45, 2.75) is 71.4 Å². The number of carbonyl (C=O) groups is 1. The summed E-state index contributed by atoms with van der Waals surface area (Å²) in [5.41, 5.74) is -0.417. The summed E-state index contributed by atoms with van der Waals surface area (Å²) in [5, 5.41) is 6.39. The maximum atomic E-state index is 11.4. The molecule has 1 saturated carbocycles. The van der Waals surface area contributed by atoms with E-state index in [1.54, 1.807) is 0 Å². The van der Waals surface area contributed by atoms with Crippen LogP contribution in [0.4, 0.5) is 4.79 Å². The molecule has 4 nitrogen and oxygen atoms in total. The van der Waals surface area contributed by atoms with Gasteiger partial charge in [-0.3, -0.25) is 0 Å². The topological polar surface area (TPSA) is 50.4 Å². The van der Waals surface area contributed by atoms with E-state index >= 15 is 0 Å². The molecule has 0 spiro atoms.